The number of benzene rings is 1. The summed E-state index contributed by atoms with van der Waals surface area (Å²) in [6.45, 7) is 7.75. The van der Waals surface area contributed by atoms with Crippen molar-refractivity contribution in [3.63, 3.8) is 0 Å². The molecule has 0 spiro atoms. The van der Waals surface area contributed by atoms with Crippen molar-refractivity contribution in [2.45, 2.75) is 20.3 Å². The third-order valence-electron chi connectivity index (χ3n) is 3.01. The molecule has 1 rings (SSSR count). The smallest absolute Gasteiger partial charge is 0.248 e. The number of nitrogen functional groups attached to an aromatic ring is 1. The van der Waals surface area contributed by atoms with Gasteiger partial charge in [0.1, 0.15) is 0 Å². The van der Waals surface area contributed by atoms with Gasteiger partial charge in [0.15, 0.2) is 0 Å². The fourth-order valence-electron chi connectivity index (χ4n) is 1.53. The van der Waals surface area contributed by atoms with Crippen molar-refractivity contribution in [3.8, 4) is 0 Å². The molecular formula is C16H20N4O. The number of anilines is 1. The fourth-order valence-corrected chi connectivity index (χ4v) is 1.53. The number of rotatable bonds is 6. The number of primary amides is 1. The van der Waals surface area contributed by atoms with Crippen molar-refractivity contribution in [3.05, 3.63) is 53.8 Å². The predicted octanol–water partition coefficient (Wildman–Crippen LogP) is 2.68. The highest BCUT2D eigenvalue weighted by molar-refractivity contribution is 6.15. The van der Waals surface area contributed by atoms with Crippen LogP contribution in [0.1, 0.15) is 36.2 Å². The van der Waals surface area contributed by atoms with Gasteiger partial charge in [-0.25, -0.2) is 0 Å². The first-order chi connectivity index (χ1) is 9.86. The first kappa shape index (κ1) is 16.4. The van der Waals surface area contributed by atoms with Crippen molar-refractivity contribution in [2.75, 3.05) is 5.73 Å². The van der Waals surface area contributed by atoms with Crippen molar-refractivity contribution < 1.29 is 4.79 Å². The monoisotopic (exact) mass is 284 g/mol. The molecule has 0 aliphatic heterocycles. The molecular weight excluding hydrogens is 264 g/mol. The highest BCUT2D eigenvalue weighted by Gasteiger charge is 2.10. The van der Waals surface area contributed by atoms with E-state index in [0.717, 1.165) is 12.1 Å². The molecule has 0 heterocycles. The quantitative estimate of drug-likeness (QED) is 0.424. The van der Waals surface area contributed by atoms with Gasteiger partial charge >= 0.3 is 0 Å². The minimum Gasteiger partial charge on any atom is -0.398 e. The Kier molecular flexibility index (Phi) is 5.60. The number of carbonyl (C=O) groups excluding carboxylic acids is 1. The lowest BCUT2D eigenvalue weighted by Crippen LogP contribution is -2.13. The molecule has 5 heteroatoms. The van der Waals surface area contributed by atoms with Gasteiger partial charge < -0.3 is 11.5 Å². The van der Waals surface area contributed by atoms with E-state index in [-0.39, 0.29) is 5.71 Å². The van der Waals surface area contributed by atoms with E-state index in [9.17, 15) is 4.79 Å². The Labute approximate surface area is 124 Å². The number of allylic oxidation sites excluding steroid dienone is 2. The number of amides is 1. The molecule has 0 unspecified atom stereocenters. The predicted molar refractivity (Wildman–Crippen MR) is 87.9 cm³/mol. The van der Waals surface area contributed by atoms with E-state index in [1.807, 2.05) is 13.8 Å². The molecule has 0 aliphatic rings. The molecule has 0 bridgehead atoms. The second-order valence-electron chi connectivity index (χ2n) is 4.60. The van der Waals surface area contributed by atoms with E-state index in [1.165, 1.54) is 12.1 Å². The molecule has 21 heavy (non-hydrogen) atoms. The number of hydrogen-bond donors (Lipinski definition) is 3. The van der Waals surface area contributed by atoms with E-state index < -0.39 is 5.91 Å². The number of nitrogens with one attached hydrogen (secondary N) is 1. The van der Waals surface area contributed by atoms with Gasteiger partial charge in [-0.1, -0.05) is 13.5 Å². The van der Waals surface area contributed by atoms with E-state index in [0.29, 0.717) is 22.4 Å². The van der Waals surface area contributed by atoms with Gasteiger partial charge in [-0.2, -0.15) is 0 Å². The lowest BCUT2D eigenvalue weighted by Gasteiger charge is -2.08. The van der Waals surface area contributed by atoms with Crippen LogP contribution in [0.15, 0.2) is 47.6 Å². The Morgan fingerprint density at radius 3 is 2.71 bits per heavy atom. The van der Waals surface area contributed by atoms with E-state index in [2.05, 4.69) is 11.6 Å². The summed E-state index contributed by atoms with van der Waals surface area (Å²) >= 11 is 0. The maximum atomic E-state index is 11.2. The molecule has 0 saturated heterocycles. The SMILES string of the molecule is C=C(/C=C\N=C(C)CC)C(=N)c1cc(C(N)=O)ccc1N. The number of nitrogens with zero attached hydrogens (tertiary/aromatic N) is 1. The maximum absolute atomic E-state index is 11.2. The molecule has 1 aromatic rings. The van der Waals surface area contributed by atoms with Crippen molar-refractivity contribution in [1.82, 2.24) is 0 Å². The molecule has 0 saturated carbocycles. The van der Waals surface area contributed by atoms with Gasteiger partial charge in [-0.05, 0) is 43.2 Å². The first-order valence-electron chi connectivity index (χ1n) is 6.54. The minimum absolute atomic E-state index is 0.135. The molecule has 0 aromatic heterocycles. The third-order valence-corrected chi connectivity index (χ3v) is 3.01. The van der Waals surface area contributed by atoms with Crippen molar-refractivity contribution in [2.24, 2.45) is 10.7 Å². The van der Waals surface area contributed by atoms with E-state index in [4.69, 9.17) is 16.9 Å². The second kappa shape index (κ2) is 7.19. The van der Waals surface area contributed by atoms with Crippen LogP contribution in [0.4, 0.5) is 5.69 Å². The Morgan fingerprint density at radius 2 is 2.14 bits per heavy atom. The Balaban J connectivity index is 3.00. The largest absolute Gasteiger partial charge is 0.398 e. The Morgan fingerprint density at radius 1 is 1.48 bits per heavy atom. The highest BCUT2D eigenvalue weighted by atomic mass is 16.1. The van der Waals surface area contributed by atoms with Crippen LogP contribution in [0.5, 0.6) is 0 Å². The van der Waals surface area contributed by atoms with Gasteiger partial charge in [0.25, 0.3) is 0 Å². The maximum Gasteiger partial charge on any atom is 0.248 e. The summed E-state index contributed by atoms with van der Waals surface area (Å²) in [6.07, 6.45) is 4.10. The van der Waals surface area contributed by atoms with Gasteiger partial charge in [0.2, 0.25) is 5.91 Å². The molecule has 110 valence electrons. The van der Waals surface area contributed by atoms with Crippen molar-refractivity contribution in [1.29, 1.82) is 5.41 Å². The zero-order valence-corrected chi connectivity index (χ0v) is 12.3. The zero-order chi connectivity index (χ0) is 16.0. The van der Waals surface area contributed by atoms with Crippen LogP contribution in [0, 0.1) is 5.41 Å². The van der Waals surface area contributed by atoms with Crippen LogP contribution < -0.4 is 11.5 Å². The number of nitrogens with two attached hydrogens (primary N) is 2. The summed E-state index contributed by atoms with van der Waals surface area (Å²) < 4.78 is 0. The molecule has 5 nitrogen and oxygen atoms in total. The van der Waals surface area contributed by atoms with Crippen LogP contribution in [0.3, 0.4) is 0 Å². The summed E-state index contributed by atoms with van der Waals surface area (Å²) in [5.41, 5.74) is 13.8. The number of hydrogen-bond acceptors (Lipinski definition) is 4. The van der Waals surface area contributed by atoms with E-state index >= 15 is 0 Å². The highest BCUT2D eigenvalue weighted by Crippen LogP contribution is 2.18. The summed E-state index contributed by atoms with van der Waals surface area (Å²) in [6, 6.07) is 4.59. The zero-order valence-electron chi connectivity index (χ0n) is 12.3. The van der Waals surface area contributed by atoms with Gasteiger partial charge in [-0.15, -0.1) is 0 Å². The molecule has 0 radical (unpaired) electrons. The number of aliphatic imine (C=N–C) groups is 1. The molecule has 0 atom stereocenters. The minimum atomic E-state index is -0.562. The molecule has 0 aliphatic carbocycles. The number of carbonyl (C=O) groups is 1. The van der Waals surface area contributed by atoms with Crippen LogP contribution in [-0.2, 0) is 0 Å². The average Bonchev–Trinajstić information content (AvgIpc) is 2.46. The normalized spacial score (nSPS) is 11.6. The fraction of sp³-hybridized carbons (Fsp3) is 0.188. The Bertz CT molecular complexity index is 642. The van der Waals surface area contributed by atoms with Gasteiger partial charge in [0.05, 0.1) is 5.71 Å². The summed E-state index contributed by atoms with van der Waals surface area (Å²) in [4.78, 5) is 15.4. The molecule has 1 amide bonds. The lowest BCUT2D eigenvalue weighted by atomic mass is 9.99. The topological polar surface area (TPSA) is 105 Å². The molecule has 1 aromatic carbocycles. The van der Waals surface area contributed by atoms with Crippen molar-refractivity contribution >= 4 is 23.0 Å². The van der Waals surface area contributed by atoms with Gasteiger partial charge in [-0.3, -0.25) is 15.2 Å². The Hall–Kier alpha value is -2.69. The molecule has 5 N–H and O–H groups in total. The van der Waals surface area contributed by atoms with Crippen LogP contribution in [-0.4, -0.2) is 17.3 Å². The average molecular weight is 284 g/mol. The van der Waals surface area contributed by atoms with Crippen LogP contribution in [0.25, 0.3) is 0 Å². The first-order valence-corrected chi connectivity index (χ1v) is 6.54. The summed E-state index contributed by atoms with van der Waals surface area (Å²) in [5, 5.41) is 8.11. The summed E-state index contributed by atoms with van der Waals surface area (Å²) in [5.74, 6) is -0.562. The van der Waals surface area contributed by atoms with Crippen LogP contribution >= 0.6 is 0 Å². The van der Waals surface area contributed by atoms with Gasteiger partial charge in [0, 0.05) is 28.7 Å². The lowest BCUT2D eigenvalue weighted by molar-refractivity contribution is 0.100. The standard InChI is InChI=1S/C16H20N4O/c1-4-11(3)20-8-7-10(2)15(18)13-9-12(16(19)21)5-6-14(13)17/h5-9,18H,2,4,17H2,1,3H3,(H2,19,21)/b8-7-,18-15?,20-11?. The summed E-state index contributed by atoms with van der Waals surface area (Å²) in [7, 11) is 0. The second-order valence-corrected chi connectivity index (χ2v) is 4.60. The van der Waals surface area contributed by atoms with E-state index in [1.54, 1.807) is 18.3 Å². The molecule has 0 fully saturated rings. The van der Waals surface area contributed by atoms with Crippen LogP contribution in [0.2, 0.25) is 0 Å². The third kappa shape index (κ3) is 4.42.